The number of terminal acetylenes is 1. The van der Waals surface area contributed by atoms with Crippen LogP contribution in [0, 0.1) is 12.3 Å². The molecule has 1 unspecified atom stereocenters. The number of morpholine rings is 1. The van der Waals surface area contributed by atoms with Crippen molar-refractivity contribution >= 4 is 17.9 Å². The molecule has 0 bridgehead atoms. The molecule has 0 radical (unpaired) electrons. The fourth-order valence-electron chi connectivity index (χ4n) is 1.86. The van der Waals surface area contributed by atoms with E-state index in [1.54, 1.807) is 0 Å². The molecule has 2 N–H and O–H groups in total. The van der Waals surface area contributed by atoms with Crippen molar-refractivity contribution in [2.45, 2.75) is 6.04 Å². The minimum absolute atomic E-state index is 0.0718. The van der Waals surface area contributed by atoms with E-state index in [2.05, 4.69) is 11.2 Å². The van der Waals surface area contributed by atoms with Crippen LogP contribution in [0.15, 0.2) is 0 Å². The number of hydrogen-bond acceptors (Lipinski definition) is 4. The standard InChI is InChI=1S/C12H17N3O5/c1-3-4-14(7-10(16)17)12(19)15-5-6-20-8-9(15)11(18)13-2/h1,9H,4-8H2,2H3,(H,13,18)(H,16,17). The maximum atomic E-state index is 12.3. The van der Waals surface area contributed by atoms with Crippen LogP contribution in [-0.2, 0) is 14.3 Å². The Bertz CT molecular complexity index is 431. The number of amides is 3. The van der Waals surface area contributed by atoms with Gasteiger partial charge in [0.25, 0.3) is 0 Å². The Labute approximate surface area is 116 Å². The predicted molar refractivity (Wildman–Crippen MR) is 68.8 cm³/mol. The van der Waals surface area contributed by atoms with Gasteiger partial charge in [-0.25, -0.2) is 4.79 Å². The number of aliphatic carboxylic acids is 1. The van der Waals surface area contributed by atoms with Crippen LogP contribution in [0.5, 0.6) is 0 Å². The van der Waals surface area contributed by atoms with Crippen LogP contribution in [0.1, 0.15) is 0 Å². The zero-order valence-corrected chi connectivity index (χ0v) is 11.2. The molecule has 0 saturated carbocycles. The van der Waals surface area contributed by atoms with Gasteiger partial charge in [-0.1, -0.05) is 5.92 Å². The Morgan fingerprint density at radius 3 is 2.80 bits per heavy atom. The molecule has 1 rings (SSSR count). The highest BCUT2D eigenvalue weighted by Gasteiger charge is 2.35. The summed E-state index contributed by atoms with van der Waals surface area (Å²) in [7, 11) is 1.45. The zero-order chi connectivity index (χ0) is 15.1. The van der Waals surface area contributed by atoms with Gasteiger partial charge in [-0.2, -0.15) is 0 Å². The van der Waals surface area contributed by atoms with Gasteiger partial charge < -0.3 is 25.0 Å². The van der Waals surface area contributed by atoms with E-state index in [9.17, 15) is 14.4 Å². The Kier molecular flexibility index (Phi) is 5.80. The molecule has 0 spiro atoms. The fourth-order valence-corrected chi connectivity index (χ4v) is 1.86. The largest absolute Gasteiger partial charge is 0.480 e. The molecule has 8 heteroatoms. The molecular weight excluding hydrogens is 266 g/mol. The summed E-state index contributed by atoms with van der Waals surface area (Å²) in [6.45, 7) is -0.0833. The summed E-state index contributed by atoms with van der Waals surface area (Å²) >= 11 is 0. The van der Waals surface area contributed by atoms with Crippen molar-refractivity contribution in [3.05, 3.63) is 0 Å². The molecule has 8 nitrogen and oxygen atoms in total. The first kappa shape index (κ1) is 15.8. The molecule has 0 aromatic carbocycles. The van der Waals surface area contributed by atoms with Crippen LogP contribution >= 0.6 is 0 Å². The third kappa shape index (κ3) is 3.86. The first-order chi connectivity index (χ1) is 9.51. The molecule has 1 aliphatic rings. The number of nitrogens with zero attached hydrogens (tertiary/aromatic N) is 2. The number of carbonyl (C=O) groups excluding carboxylic acids is 2. The second-order valence-electron chi connectivity index (χ2n) is 4.13. The van der Waals surface area contributed by atoms with Crippen molar-refractivity contribution in [1.82, 2.24) is 15.1 Å². The second kappa shape index (κ2) is 7.35. The molecule has 0 aromatic rings. The molecule has 1 saturated heterocycles. The molecule has 0 aliphatic carbocycles. The summed E-state index contributed by atoms with van der Waals surface area (Å²) in [6.07, 6.45) is 5.13. The first-order valence-corrected chi connectivity index (χ1v) is 6.01. The molecule has 1 fully saturated rings. The van der Waals surface area contributed by atoms with E-state index in [4.69, 9.17) is 16.3 Å². The number of urea groups is 1. The van der Waals surface area contributed by atoms with Crippen molar-refractivity contribution in [3.63, 3.8) is 0 Å². The average molecular weight is 283 g/mol. The summed E-state index contributed by atoms with van der Waals surface area (Å²) in [5.41, 5.74) is 0. The highest BCUT2D eigenvalue weighted by atomic mass is 16.5. The number of nitrogens with one attached hydrogen (secondary N) is 1. The monoisotopic (exact) mass is 283 g/mol. The third-order valence-corrected chi connectivity index (χ3v) is 2.80. The van der Waals surface area contributed by atoms with Gasteiger partial charge in [0, 0.05) is 13.6 Å². The van der Waals surface area contributed by atoms with Crippen molar-refractivity contribution in [2.75, 3.05) is 39.9 Å². The van der Waals surface area contributed by atoms with Crippen LogP contribution in [-0.4, -0.2) is 78.8 Å². The number of carbonyl (C=O) groups is 3. The number of likely N-dealkylation sites (N-methyl/N-ethyl adjacent to an activating group) is 1. The van der Waals surface area contributed by atoms with Crippen LogP contribution in [0.2, 0.25) is 0 Å². The molecule has 1 heterocycles. The number of carboxylic acid groups (broad SMARTS) is 1. The smallest absolute Gasteiger partial charge is 0.323 e. The van der Waals surface area contributed by atoms with E-state index >= 15 is 0 Å². The Hall–Kier alpha value is -2.27. The number of carboxylic acids is 1. The minimum atomic E-state index is -1.17. The molecule has 1 atom stereocenters. The molecule has 1 aliphatic heterocycles. The Morgan fingerprint density at radius 2 is 2.25 bits per heavy atom. The van der Waals surface area contributed by atoms with Crippen LogP contribution in [0.3, 0.4) is 0 Å². The zero-order valence-electron chi connectivity index (χ0n) is 11.2. The van der Waals surface area contributed by atoms with E-state index in [1.807, 2.05) is 0 Å². The second-order valence-corrected chi connectivity index (χ2v) is 4.13. The van der Waals surface area contributed by atoms with Crippen molar-refractivity contribution in [3.8, 4) is 12.3 Å². The first-order valence-electron chi connectivity index (χ1n) is 6.01. The van der Waals surface area contributed by atoms with Crippen molar-refractivity contribution < 1.29 is 24.2 Å². The van der Waals surface area contributed by atoms with Crippen LogP contribution in [0.4, 0.5) is 4.79 Å². The molecule has 20 heavy (non-hydrogen) atoms. The van der Waals surface area contributed by atoms with Gasteiger partial charge >= 0.3 is 12.0 Å². The van der Waals surface area contributed by atoms with E-state index in [0.29, 0.717) is 0 Å². The summed E-state index contributed by atoms with van der Waals surface area (Å²) in [5.74, 6) is 0.700. The van der Waals surface area contributed by atoms with Crippen LogP contribution < -0.4 is 5.32 Å². The van der Waals surface area contributed by atoms with E-state index in [1.165, 1.54) is 11.9 Å². The lowest BCUT2D eigenvalue weighted by atomic mass is 10.2. The molecular formula is C12H17N3O5. The SMILES string of the molecule is C#CCN(CC(=O)O)C(=O)N1CCOCC1C(=O)NC. The number of hydrogen-bond donors (Lipinski definition) is 2. The van der Waals surface area contributed by atoms with E-state index in [-0.39, 0.29) is 32.2 Å². The van der Waals surface area contributed by atoms with Crippen LogP contribution in [0.25, 0.3) is 0 Å². The highest BCUT2D eigenvalue weighted by molar-refractivity contribution is 5.88. The topological polar surface area (TPSA) is 99.2 Å². The predicted octanol–water partition coefficient (Wildman–Crippen LogP) is -1.43. The van der Waals surface area contributed by atoms with Gasteiger partial charge in [0.15, 0.2) is 0 Å². The van der Waals surface area contributed by atoms with E-state index < -0.39 is 24.6 Å². The maximum Gasteiger partial charge on any atom is 0.323 e. The summed E-state index contributed by atoms with van der Waals surface area (Å²) in [5, 5.41) is 11.2. The van der Waals surface area contributed by atoms with Gasteiger partial charge in [0.05, 0.1) is 19.8 Å². The van der Waals surface area contributed by atoms with Gasteiger partial charge in [0.1, 0.15) is 12.6 Å². The van der Waals surface area contributed by atoms with Gasteiger partial charge in [-0.15, -0.1) is 6.42 Å². The fraction of sp³-hybridized carbons (Fsp3) is 0.583. The average Bonchev–Trinajstić information content (AvgIpc) is 2.44. The lowest BCUT2D eigenvalue weighted by molar-refractivity contribution is -0.137. The molecule has 3 amide bonds. The third-order valence-electron chi connectivity index (χ3n) is 2.80. The Morgan fingerprint density at radius 1 is 1.55 bits per heavy atom. The number of rotatable bonds is 4. The normalized spacial score (nSPS) is 18.0. The maximum absolute atomic E-state index is 12.3. The van der Waals surface area contributed by atoms with Gasteiger partial charge in [-0.3, -0.25) is 9.59 Å². The van der Waals surface area contributed by atoms with Crippen molar-refractivity contribution in [2.24, 2.45) is 0 Å². The summed E-state index contributed by atoms with van der Waals surface area (Å²) in [6, 6.07) is -1.36. The molecule has 110 valence electrons. The quantitative estimate of drug-likeness (QED) is 0.616. The van der Waals surface area contributed by atoms with Crippen molar-refractivity contribution in [1.29, 1.82) is 0 Å². The summed E-state index contributed by atoms with van der Waals surface area (Å²) < 4.78 is 5.18. The number of ether oxygens (including phenoxy) is 1. The lowest BCUT2D eigenvalue weighted by Crippen LogP contribution is -2.59. The lowest BCUT2D eigenvalue weighted by Gasteiger charge is -2.36. The summed E-state index contributed by atoms with van der Waals surface area (Å²) in [4.78, 5) is 37.1. The van der Waals surface area contributed by atoms with Gasteiger partial charge in [0.2, 0.25) is 5.91 Å². The van der Waals surface area contributed by atoms with E-state index in [0.717, 1.165) is 4.90 Å². The highest BCUT2D eigenvalue weighted by Crippen LogP contribution is 2.10. The minimum Gasteiger partial charge on any atom is -0.480 e. The molecule has 0 aromatic heterocycles. The Balaban J connectivity index is 2.86. The van der Waals surface area contributed by atoms with Gasteiger partial charge in [-0.05, 0) is 0 Å².